The summed E-state index contributed by atoms with van der Waals surface area (Å²) in [5.74, 6) is -0.692. The predicted molar refractivity (Wildman–Crippen MR) is 126 cm³/mol. The van der Waals surface area contributed by atoms with Gasteiger partial charge in [0, 0.05) is 30.6 Å². The molecule has 2 rings (SSSR count). The standard InChI is InChI=1S/C15H16Cl3N3O2.C6H12O4/c1-2-4-20(15(22)21-5-3-19-10-21)6-7-23-14-12(17)8-11(16)9-13(14)18;1-6(10,2-3-7)4-5(8)9/h3,5,8-10H,2,4,6-7H2,1H3;7,10H,2-4H2,1H3,(H,8,9)/t;6-/m.1/s1. The molecular weight excluding hydrogens is 497 g/mol. The summed E-state index contributed by atoms with van der Waals surface area (Å²) in [5.41, 5.74) is -1.28. The van der Waals surface area contributed by atoms with Gasteiger partial charge in [0.15, 0.2) is 5.75 Å². The van der Waals surface area contributed by atoms with Crippen LogP contribution in [0.3, 0.4) is 0 Å². The fourth-order valence-corrected chi connectivity index (χ4v) is 3.61. The molecule has 2 aromatic rings. The second-order valence-corrected chi connectivity index (χ2v) is 8.58. The maximum Gasteiger partial charge on any atom is 0.329 e. The van der Waals surface area contributed by atoms with Gasteiger partial charge in [-0.3, -0.25) is 9.36 Å². The molecule has 12 heteroatoms. The van der Waals surface area contributed by atoms with Gasteiger partial charge in [0.25, 0.3) is 0 Å². The van der Waals surface area contributed by atoms with Crippen molar-refractivity contribution in [2.45, 2.75) is 38.7 Å². The van der Waals surface area contributed by atoms with Crippen molar-refractivity contribution in [1.82, 2.24) is 14.5 Å². The molecule has 33 heavy (non-hydrogen) atoms. The van der Waals surface area contributed by atoms with Crippen molar-refractivity contribution in [3.8, 4) is 5.75 Å². The molecule has 0 saturated carbocycles. The van der Waals surface area contributed by atoms with Crippen molar-refractivity contribution in [2.75, 3.05) is 26.3 Å². The number of hydrogen-bond acceptors (Lipinski definition) is 6. The Kier molecular flexibility index (Phi) is 12.5. The van der Waals surface area contributed by atoms with Gasteiger partial charge in [-0.05, 0) is 31.9 Å². The molecular formula is C21H28Cl3N3O6. The normalized spacial score (nSPS) is 12.3. The van der Waals surface area contributed by atoms with Gasteiger partial charge in [0.1, 0.15) is 12.9 Å². The Morgan fingerprint density at radius 2 is 1.85 bits per heavy atom. The number of ether oxygens (including phenoxy) is 1. The Hall–Kier alpha value is -2.04. The van der Waals surface area contributed by atoms with Gasteiger partial charge in [0.05, 0.1) is 28.6 Å². The monoisotopic (exact) mass is 523 g/mol. The summed E-state index contributed by atoms with van der Waals surface area (Å²) in [6.07, 6.45) is 5.25. The Balaban J connectivity index is 0.000000461. The van der Waals surface area contributed by atoms with Crippen LogP contribution in [0.5, 0.6) is 5.75 Å². The van der Waals surface area contributed by atoms with Crippen LogP contribution >= 0.6 is 34.8 Å². The van der Waals surface area contributed by atoms with Crippen LogP contribution in [0, 0.1) is 0 Å². The summed E-state index contributed by atoms with van der Waals surface area (Å²) in [4.78, 5) is 28.0. The molecule has 0 saturated heterocycles. The number of halogens is 3. The van der Waals surface area contributed by atoms with Crippen LogP contribution in [-0.4, -0.2) is 73.7 Å². The molecule has 3 N–H and O–H groups in total. The maximum absolute atomic E-state index is 12.3. The van der Waals surface area contributed by atoms with Crippen LogP contribution in [0.1, 0.15) is 33.1 Å². The number of aliphatic carboxylic acids is 1. The van der Waals surface area contributed by atoms with Crippen LogP contribution in [-0.2, 0) is 4.79 Å². The molecule has 1 heterocycles. The number of carbonyl (C=O) groups excluding carboxylic acids is 1. The first-order chi connectivity index (χ1) is 15.5. The summed E-state index contributed by atoms with van der Waals surface area (Å²) in [7, 11) is 0. The molecule has 1 amide bonds. The highest BCUT2D eigenvalue weighted by Gasteiger charge is 2.22. The molecule has 0 aliphatic rings. The summed E-state index contributed by atoms with van der Waals surface area (Å²) in [5, 5.41) is 26.9. The minimum atomic E-state index is -1.28. The van der Waals surface area contributed by atoms with Gasteiger partial charge in [-0.1, -0.05) is 41.7 Å². The molecule has 184 valence electrons. The fraction of sp³-hybridized carbons (Fsp3) is 0.476. The zero-order valence-electron chi connectivity index (χ0n) is 18.4. The van der Waals surface area contributed by atoms with Crippen LogP contribution in [0.2, 0.25) is 15.1 Å². The molecule has 1 aromatic carbocycles. The Morgan fingerprint density at radius 3 is 2.33 bits per heavy atom. The predicted octanol–water partition coefficient (Wildman–Crippen LogP) is 4.20. The Morgan fingerprint density at radius 1 is 1.21 bits per heavy atom. The number of carbonyl (C=O) groups is 2. The van der Waals surface area contributed by atoms with E-state index in [0.29, 0.717) is 33.9 Å². The first kappa shape index (κ1) is 29.0. The zero-order valence-corrected chi connectivity index (χ0v) is 20.6. The minimum absolute atomic E-state index is 0.0965. The van der Waals surface area contributed by atoms with E-state index in [2.05, 4.69) is 4.98 Å². The maximum atomic E-state index is 12.3. The summed E-state index contributed by atoms with van der Waals surface area (Å²) in [6, 6.07) is 2.97. The lowest BCUT2D eigenvalue weighted by molar-refractivity contribution is -0.142. The van der Waals surface area contributed by atoms with E-state index in [1.54, 1.807) is 29.4 Å². The van der Waals surface area contributed by atoms with Crippen LogP contribution < -0.4 is 4.74 Å². The van der Waals surface area contributed by atoms with Gasteiger partial charge in [0.2, 0.25) is 0 Å². The van der Waals surface area contributed by atoms with E-state index in [1.807, 2.05) is 6.92 Å². The molecule has 0 spiro atoms. The van der Waals surface area contributed by atoms with Crippen molar-refractivity contribution >= 4 is 46.8 Å². The number of benzene rings is 1. The molecule has 1 aromatic heterocycles. The van der Waals surface area contributed by atoms with E-state index < -0.39 is 11.6 Å². The topological polar surface area (TPSA) is 125 Å². The quantitative estimate of drug-likeness (QED) is 0.425. The molecule has 1 atom stereocenters. The highest BCUT2D eigenvalue weighted by Crippen LogP contribution is 2.35. The number of amides is 1. The van der Waals surface area contributed by atoms with E-state index in [0.717, 1.165) is 6.42 Å². The van der Waals surface area contributed by atoms with Crippen molar-refractivity contribution < 1.29 is 29.6 Å². The SMILES string of the molecule is CCCN(CCOc1c(Cl)cc(Cl)cc1Cl)C(=O)n1ccnc1.C[C@@](O)(CCO)CC(=O)O. The fourth-order valence-electron chi connectivity index (χ4n) is 2.69. The highest BCUT2D eigenvalue weighted by molar-refractivity contribution is 6.40. The molecule has 0 bridgehead atoms. The second kappa shape index (κ2) is 14.3. The number of nitrogens with zero attached hydrogens (tertiary/aromatic N) is 3. The van der Waals surface area contributed by atoms with E-state index in [-0.39, 0.29) is 32.1 Å². The molecule has 0 fully saturated rings. The number of rotatable bonds is 10. The second-order valence-electron chi connectivity index (χ2n) is 7.33. The van der Waals surface area contributed by atoms with Gasteiger partial charge < -0.3 is 25.0 Å². The Labute approximate surface area is 207 Å². The van der Waals surface area contributed by atoms with Crippen LogP contribution in [0.25, 0.3) is 0 Å². The number of aliphatic hydroxyl groups excluding tert-OH is 1. The van der Waals surface area contributed by atoms with Gasteiger partial charge >= 0.3 is 12.0 Å². The van der Waals surface area contributed by atoms with Crippen molar-refractivity contribution in [3.05, 3.63) is 45.9 Å². The number of aliphatic hydroxyl groups is 2. The number of imidazole rings is 1. The average Bonchev–Trinajstić information content (AvgIpc) is 3.22. The minimum Gasteiger partial charge on any atom is -0.489 e. The third-order valence-corrected chi connectivity index (χ3v) is 5.02. The van der Waals surface area contributed by atoms with Crippen LogP contribution in [0.15, 0.2) is 30.9 Å². The summed E-state index contributed by atoms with van der Waals surface area (Å²) < 4.78 is 7.05. The zero-order chi connectivity index (χ0) is 25.0. The van der Waals surface area contributed by atoms with E-state index in [9.17, 15) is 9.59 Å². The number of carboxylic acids is 1. The highest BCUT2D eigenvalue weighted by atomic mass is 35.5. The summed E-state index contributed by atoms with van der Waals surface area (Å²) in [6.45, 7) is 4.48. The van der Waals surface area contributed by atoms with Gasteiger partial charge in [-0.2, -0.15) is 0 Å². The summed E-state index contributed by atoms with van der Waals surface area (Å²) >= 11 is 18.0. The first-order valence-corrected chi connectivity index (χ1v) is 11.2. The third kappa shape index (κ3) is 10.6. The number of aromatic nitrogens is 2. The van der Waals surface area contributed by atoms with E-state index in [1.165, 1.54) is 17.8 Å². The lowest BCUT2D eigenvalue weighted by Crippen LogP contribution is -2.37. The van der Waals surface area contributed by atoms with Crippen molar-refractivity contribution in [2.24, 2.45) is 0 Å². The van der Waals surface area contributed by atoms with Crippen LogP contribution in [0.4, 0.5) is 4.79 Å². The molecule has 0 unspecified atom stereocenters. The average molecular weight is 525 g/mol. The smallest absolute Gasteiger partial charge is 0.329 e. The van der Waals surface area contributed by atoms with E-state index >= 15 is 0 Å². The first-order valence-electron chi connectivity index (χ1n) is 10.1. The molecule has 0 aliphatic heterocycles. The number of carboxylic acid groups (broad SMARTS) is 1. The lowest BCUT2D eigenvalue weighted by atomic mass is 9.99. The van der Waals surface area contributed by atoms with E-state index in [4.69, 9.17) is 54.9 Å². The van der Waals surface area contributed by atoms with Crippen molar-refractivity contribution in [1.29, 1.82) is 0 Å². The Bertz CT molecular complexity index is 870. The molecule has 0 aliphatic carbocycles. The lowest BCUT2D eigenvalue weighted by Gasteiger charge is -2.22. The largest absolute Gasteiger partial charge is 0.489 e. The molecule has 9 nitrogen and oxygen atoms in total. The van der Waals surface area contributed by atoms with Crippen molar-refractivity contribution in [3.63, 3.8) is 0 Å². The van der Waals surface area contributed by atoms with Gasteiger partial charge in [-0.15, -0.1) is 0 Å². The molecule has 0 radical (unpaired) electrons. The van der Waals surface area contributed by atoms with Gasteiger partial charge in [-0.25, -0.2) is 9.78 Å². The number of hydrogen-bond donors (Lipinski definition) is 3. The third-order valence-electron chi connectivity index (χ3n) is 4.24.